The fraction of sp³-hybridized carbons (Fsp3) is 0.750. The fourth-order valence-electron chi connectivity index (χ4n) is 1.54. The minimum atomic E-state index is 0.750. The number of hydrogen-bond donors (Lipinski definition) is 1. The molecular weight excluding hydrogens is 202 g/mol. The molecule has 1 rings (SSSR count). The van der Waals surface area contributed by atoms with E-state index in [9.17, 15) is 0 Å². The second kappa shape index (κ2) is 7.41. The number of aromatic nitrogens is 2. The van der Waals surface area contributed by atoms with Crippen LogP contribution in [-0.2, 0) is 17.8 Å². The monoisotopic (exact) mass is 225 g/mol. The molecule has 92 valence electrons. The minimum absolute atomic E-state index is 0.750. The summed E-state index contributed by atoms with van der Waals surface area (Å²) in [5.74, 6) is 0. The molecule has 0 aliphatic carbocycles. The van der Waals surface area contributed by atoms with E-state index >= 15 is 0 Å². The van der Waals surface area contributed by atoms with E-state index in [4.69, 9.17) is 4.74 Å². The number of rotatable bonds is 8. The van der Waals surface area contributed by atoms with Crippen LogP contribution in [0.4, 0.5) is 0 Å². The van der Waals surface area contributed by atoms with Gasteiger partial charge >= 0.3 is 0 Å². The molecule has 0 amide bonds. The number of nitrogens with one attached hydrogen (secondary N) is 1. The third-order valence-corrected chi connectivity index (χ3v) is 2.52. The molecular formula is C12H23N3O. The zero-order chi connectivity index (χ0) is 11.8. The summed E-state index contributed by atoms with van der Waals surface area (Å²) in [5, 5.41) is 7.58. The van der Waals surface area contributed by atoms with Crippen molar-refractivity contribution in [2.75, 3.05) is 20.3 Å². The van der Waals surface area contributed by atoms with E-state index in [0.717, 1.165) is 38.4 Å². The van der Waals surface area contributed by atoms with Crippen LogP contribution in [0.25, 0.3) is 0 Å². The molecule has 1 aromatic heterocycles. The molecule has 0 fully saturated rings. The van der Waals surface area contributed by atoms with Crippen LogP contribution in [0.2, 0.25) is 0 Å². The lowest BCUT2D eigenvalue weighted by atomic mass is 10.3. The Hall–Kier alpha value is -0.870. The molecule has 1 N–H and O–H groups in total. The Morgan fingerprint density at radius 3 is 2.94 bits per heavy atom. The first-order valence-corrected chi connectivity index (χ1v) is 6.03. The third kappa shape index (κ3) is 4.33. The average Bonchev–Trinajstić information content (AvgIpc) is 2.60. The Morgan fingerprint density at radius 2 is 2.25 bits per heavy atom. The van der Waals surface area contributed by atoms with E-state index in [0.29, 0.717) is 0 Å². The molecule has 0 aliphatic heterocycles. The van der Waals surface area contributed by atoms with Gasteiger partial charge in [0.2, 0.25) is 0 Å². The van der Waals surface area contributed by atoms with Gasteiger partial charge < -0.3 is 10.1 Å². The summed E-state index contributed by atoms with van der Waals surface area (Å²) < 4.78 is 7.48. The first kappa shape index (κ1) is 13.2. The summed E-state index contributed by atoms with van der Waals surface area (Å²) >= 11 is 0. The third-order valence-electron chi connectivity index (χ3n) is 2.52. The lowest BCUT2D eigenvalue weighted by molar-refractivity contribution is 0.121. The van der Waals surface area contributed by atoms with Gasteiger partial charge in [-0.2, -0.15) is 5.10 Å². The van der Waals surface area contributed by atoms with Gasteiger partial charge in [0.05, 0.1) is 18.8 Å². The van der Waals surface area contributed by atoms with Gasteiger partial charge in [0, 0.05) is 24.9 Å². The van der Waals surface area contributed by atoms with Gasteiger partial charge in [-0.05, 0) is 20.4 Å². The Labute approximate surface area is 98.0 Å². The number of aryl methyl sites for hydroxylation is 1. The van der Waals surface area contributed by atoms with E-state index in [1.54, 1.807) is 0 Å². The van der Waals surface area contributed by atoms with Crippen LogP contribution in [0.5, 0.6) is 0 Å². The van der Waals surface area contributed by atoms with Gasteiger partial charge in [0.1, 0.15) is 0 Å². The molecule has 0 atom stereocenters. The Morgan fingerprint density at radius 1 is 1.44 bits per heavy atom. The van der Waals surface area contributed by atoms with E-state index in [1.165, 1.54) is 12.0 Å². The SMILES string of the molecule is CCCCOCCn1cc(CNC)c(C)n1. The summed E-state index contributed by atoms with van der Waals surface area (Å²) in [4.78, 5) is 0. The normalized spacial score (nSPS) is 10.9. The molecule has 1 aromatic rings. The smallest absolute Gasteiger partial charge is 0.0662 e. The van der Waals surface area contributed by atoms with Crippen molar-refractivity contribution >= 4 is 0 Å². The van der Waals surface area contributed by atoms with Crippen LogP contribution in [0, 0.1) is 6.92 Å². The number of hydrogen-bond acceptors (Lipinski definition) is 3. The zero-order valence-electron chi connectivity index (χ0n) is 10.6. The van der Waals surface area contributed by atoms with Crippen molar-refractivity contribution in [2.24, 2.45) is 0 Å². The van der Waals surface area contributed by atoms with Gasteiger partial charge in [0.25, 0.3) is 0 Å². The van der Waals surface area contributed by atoms with Gasteiger partial charge in [0.15, 0.2) is 0 Å². The molecule has 0 saturated carbocycles. The zero-order valence-corrected chi connectivity index (χ0v) is 10.6. The quantitative estimate of drug-likeness (QED) is 0.685. The second-order valence-corrected chi connectivity index (χ2v) is 4.00. The average molecular weight is 225 g/mol. The summed E-state index contributed by atoms with van der Waals surface area (Å²) in [5.41, 5.74) is 2.36. The molecule has 0 unspecified atom stereocenters. The first-order valence-electron chi connectivity index (χ1n) is 6.03. The minimum Gasteiger partial charge on any atom is -0.380 e. The van der Waals surface area contributed by atoms with Gasteiger partial charge in [-0.1, -0.05) is 13.3 Å². The van der Waals surface area contributed by atoms with Crippen molar-refractivity contribution in [1.29, 1.82) is 0 Å². The maximum Gasteiger partial charge on any atom is 0.0662 e. The summed E-state index contributed by atoms with van der Waals surface area (Å²) in [6.07, 6.45) is 4.42. The number of nitrogens with zero attached hydrogens (tertiary/aromatic N) is 2. The highest BCUT2D eigenvalue weighted by Crippen LogP contribution is 2.04. The van der Waals surface area contributed by atoms with Crippen LogP contribution < -0.4 is 5.32 Å². The van der Waals surface area contributed by atoms with Crippen LogP contribution in [0.3, 0.4) is 0 Å². The van der Waals surface area contributed by atoms with Crippen LogP contribution in [0.1, 0.15) is 31.0 Å². The molecule has 0 spiro atoms. The summed E-state index contributed by atoms with van der Waals surface area (Å²) in [7, 11) is 1.95. The van der Waals surface area contributed by atoms with Crippen molar-refractivity contribution < 1.29 is 4.74 Å². The van der Waals surface area contributed by atoms with Crippen LogP contribution >= 0.6 is 0 Å². The topological polar surface area (TPSA) is 39.1 Å². The van der Waals surface area contributed by atoms with E-state index in [1.807, 2.05) is 18.7 Å². The van der Waals surface area contributed by atoms with E-state index in [-0.39, 0.29) is 0 Å². The Bertz CT molecular complexity index is 296. The van der Waals surface area contributed by atoms with E-state index in [2.05, 4.69) is 23.5 Å². The largest absolute Gasteiger partial charge is 0.380 e. The van der Waals surface area contributed by atoms with Crippen molar-refractivity contribution in [3.63, 3.8) is 0 Å². The van der Waals surface area contributed by atoms with Crippen LogP contribution in [-0.4, -0.2) is 30.0 Å². The highest BCUT2D eigenvalue weighted by Gasteiger charge is 2.03. The van der Waals surface area contributed by atoms with Crippen molar-refractivity contribution in [1.82, 2.24) is 15.1 Å². The number of unbranched alkanes of at least 4 members (excludes halogenated alkanes) is 1. The van der Waals surface area contributed by atoms with E-state index < -0.39 is 0 Å². The second-order valence-electron chi connectivity index (χ2n) is 4.00. The summed E-state index contributed by atoms with van der Waals surface area (Å²) in [6, 6.07) is 0. The highest BCUT2D eigenvalue weighted by atomic mass is 16.5. The molecule has 4 nitrogen and oxygen atoms in total. The fourth-order valence-corrected chi connectivity index (χ4v) is 1.54. The predicted octanol–water partition coefficient (Wildman–Crippen LogP) is 1.73. The van der Waals surface area contributed by atoms with Gasteiger partial charge in [-0.15, -0.1) is 0 Å². The maximum atomic E-state index is 5.51. The Kier molecular flexibility index (Phi) is 6.11. The van der Waals surface area contributed by atoms with Gasteiger partial charge in [-0.3, -0.25) is 4.68 Å². The van der Waals surface area contributed by atoms with Gasteiger partial charge in [-0.25, -0.2) is 0 Å². The lowest BCUT2D eigenvalue weighted by Crippen LogP contribution is -2.07. The standard InChI is InChI=1S/C12H23N3O/c1-4-5-7-16-8-6-15-10-12(9-13-3)11(2)14-15/h10,13H,4-9H2,1-3H3. The molecule has 0 aliphatic rings. The lowest BCUT2D eigenvalue weighted by Gasteiger charge is -2.03. The maximum absolute atomic E-state index is 5.51. The van der Waals surface area contributed by atoms with Crippen molar-refractivity contribution in [3.8, 4) is 0 Å². The van der Waals surface area contributed by atoms with Crippen molar-refractivity contribution in [2.45, 2.75) is 39.8 Å². The summed E-state index contributed by atoms with van der Waals surface area (Å²) in [6.45, 7) is 7.54. The molecule has 0 radical (unpaired) electrons. The van der Waals surface area contributed by atoms with Crippen molar-refractivity contribution in [3.05, 3.63) is 17.5 Å². The first-order chi connectivity index (χ1) is 7.77. The predicted molar refractivity (Wildman–Crippen MR) is 65.5 cm³/mol. The molecule has 0 aromatic carbocycles. The molecule has 16 heavy (non-hydrogen) atoms. The molecule has 1 heterocycles. The molecule has 4 heteroatoms. The highest BCUT2D eigenvalue weighted by molar-refractivity contribution is 5.14. The number of ether oxygens (including phenoxy) is 1. The molecule has 0 saturated heterocycles. The Balaban J connectivity index is 2.28. The molecule has 0 bridgehead atoms. The van der Waals surface area contributed by atoms with Crippen LogP contribution in [0.15, 0.2) is 6.20 Å².